The number of thiazole rings is 1. The lowest BCUT2D eigenvalue weighted by Crippen LogP contribution is -2.44. The Labute approximate surface area is 261 Å². The molecule has 1 aromatic carbocycles. The molecule has 2 fully saturated rings. The molecule has 43 heavy (non-hydrogen) atoms. The van der Waals surface area contributed by atoms with Crippen LogP contribution in [0.25, 0.3) is 0 Å². The molecule has 3 aliphatic rings. The highest BCUT2D eigenvalue weighted by Gasteiger charge is 2.30. The number of halogens is 1. The molecule has 5 rings (SSSR count). The summed E-state index contributed by atoms with van der Waals surface area (Å²) in [6.07, 6.45) is 9.94. The Bertz CT molecular complexity index is 1390. The molecular weight excluding hydrogens is 586 g/mol. The normalized spacial score (nSPS) is 19.4. The van der Waals surface area contributed by atoms with Crippen molar-refractivity contribution in [3.63, 3.8) is 0 Å². The molecule has 0 radical (unpaired) electrons. The molecule has 1 aromatic heterocycles. The van der Waals surface area contributed by atoms with Gasteiger partial charge in [0.15, 0.2) is 0 Å². The fourth-order valence-electron chi connectivity index (χ4n) is 5.80. The third-order valence-electron chi connectivity index (χ3n) is 8.19. The summed E-state index contributed by atoms with van der Waals surface area (Å²) < 4.78 is 6.23. The zero-order valence-corrected chi connectivity index (χ0v) is 26.3. The van der Waals surface area contributed by atoms with Crippen LogP contribution in [-0.4, -0.2) is 60.3 Å². The number of benzene rings is 1. The summed E-state index contributed by atoms with van der Waals surface area (Å²) in [5.74, 6) is 1.84. The Morgan fingerprint density at radius 1 is 1.23 bits per heavy atom. The first-order valence-electron chi connectivity index (χ1n) is 15.0. The molecule has 10 nitrogen and oxygen atoms in total. The monoisotopic (exact) mass is 625 g/mol. The minimum atomic E-state index is -0.207. The predicted molar refractivity (Wildman–Crippen MR) is 170 cm³/mol. The molecule has 1 atom stereocenters. The van der Waals surface area contributed by atoms with Gasteiger partial charge in [-0.05, 0) is 50.5 Å². The highest BCUT2D eigenvalue weighted by atomic mass is 35.5. The summed E-state index contributed by atoms with van der Waals surface area (Å²) in [4.78, 5) is 36.8. The van der Waals surface area contributed by atoms with Gasteiger partial charge in [0.25, 0.3) is 0 Å². The largest absolute Gasteiger partial charge is 0.489 e. The summed E-state index contributed by atoms with van der Waals surface area (Å²) in [7, 11) is 1.79. The van der Waals surface area contributed by atoms with Gasteiger partial charge in [-0.1, -0.05) is 24.4 Å². The topological polar surface area (TPSA) is 134 Å². The Morgan fingerprint density at radius 3 is 2.67 bits per heavy atom. The van der Waals surface area contributed by atoms with Crippen LogP contribution in [0.15, 0.2) is 57.8 Å². The van der Waals surface area contributed by atoms with Crippen LogP contribution in [-0.2, 0) is 9.59 Å². The van der Waals surface area contributed by atoms with Crippen molar-refractivity contribution < 1.29 is 14.3 Å². The minimum Gasteiger partial charge on any atom is -0.489 e. The van der Waals surface area contributed by atoms with Crippen LogP contribution in [0.4, 0.5) is 5.69 Å². The van der Waals surface area contributed by atoms with Gasteiger partial charge in [0.2, 0.25) is 11.8 Å². The number of carbonyl (C=O) groups excluding carboxylic acids is 2. The molecular formula is C31H40ClN7O3S. The highest BCUT2D eigenvalue weighted by Crippen LogP contribution is 2.33. The third kappa shape index (κ3) is 7.69. The lowest BCUT2D eigenvalue weighted by atomic mass is 10.0. The van der Waals surface area contributed by atoms with E-state index >= 15 is 0 Å². The van der Waals surface area contributed by atoms with Crippen LogP contribution in [0.5, 0.6) is 5.75 Å². The van der Waals surface area contributed by atoms with E-state index in [2.05, 4.69) is 25.9 Å². The summed E-state index contributed by atoms with van der Waals surface area (Å²) >= 11 is 8.12. The van der Waals surface area contributed by atoms with Gasteiger partial charge < -0.3 is 31.3 Å². The number of hydrogen-bond acceptors (Lipinski definition) is 8. The Balaban J connectivity index is 1.24. The molecule has 0 spiro atoms. The number of carbonyl (C=O) groups is 2. The molecule has 2 amide bonds. The van der Waals surface area contributed by atoms with E-state index in [1.54, 1.807) is 31.5 Å². The van der Waals surface area contributed by atoms with Crippen LogP contribution in [0.3, 0.4) is 0 Å². The van der Waals surface area contributed by atoms with E-state index in [9.17, 15) is 9.59 Å². The van der Waals surface area contributed by atoms with Crippen LogP contribution in [0.2, 0.25) is 5.02 Å². The van der Waals surface area contributed by atoms with Crippen molar-refractivity contribution >= 4 is 46.3 Å². The number of piperidine rings is 1. The van der Waals surface area contributed by atoms with E-state index in [0.29, 0.717) is 65.4 Å². The van der Waals surface area contributed by atoms with Crippen molar-refractivity contribution in [2.75, 3.05) is 26.7 Å². The molecule has 12 heteroatoms. The van der Waals surface area contributed by atoms with Gasteiger partial charge >= 0.3 is 0 Å². The van der Waals surface area contributed by atoms with Crippen LogP contribution >= 0.6 is 22.9 Å². The molecule has 1 saturated heterocycles. The highest BCUT2D eigenvalue weighted by molar-refractivity contribution is 7.09. The molecule has 0 bridgehead atoms. The maximum atomic E-state index is 13.1. The molecule has 2 aromatic rings. The van der Waals surface area contributed by atoms with Gasteiger partial charge in [-0.25, -0.2) is 9.98 Å². The van der Waals surface area contributed by atoms with Crippen molar-refractivity contribution in [2.24, 2.45) is 16.6 Å². The number of nitrogens with two attached hydrogens (primary N) is 1. The first-order chi connectivity index (χ1) is 20.8. The lowest BCUT2D eigenvalue weighted by Gasteiger charge is -2.33. The van der Waals surface area contributed by atoms with E-state index in [1.807, 2.05) is 23.3 Å². The summed E-state index contributed by atoms with van der Waals surface area (Å²) in [5.41, 5.74) is 8.24. The Kier molecular flexibility index (Phi) is 10.2. The van der Waals surface area contributed by atoms with Crippen LogP contribution in [0, 0.1) is 5.92 Å². The van der Waals surface area contributed by atoms with Gasteiger partial charge in [-0.2, -0.15) is 0 Å². The number of rotatable bonds is 9. The van der Waals surface area contributed by atoms with E-state index < -0.39 is 0 Å². The van der Waals surface area contributed by atoms with E-state index in [4.69, 9.17) is 22.1 Å². The molecule has 230 valence electrons. The maximum absolute atomic E-state index is 13.1. The molecule has 5 N–H and O–H groups in total. The zero-order valence-electron chi connectivity index (χ0n) is 24.7. The minimum absolute atomic E-state index is 0.00188. The van der Waals surface area contributed by atoms with E-state index in [0.717, 1.165) is 43.5 Å². The smallest absolute Gasteiger partial charge is 0.247 e. The number of aromatic nitrogens is 1. The zero-order chi connectivity index (χ0) is 30.3. The lowest BCUT2D eigenvalue weighted by molar-refractivity contribution is -0.137. The standard InChI is InChI=1S/C31H40ClN7O3S/c1-19(30-36-13-16-43-30)37-29(40)21-9-12-35-28(34-2)24(17-21)27(33)38-22-7-8-26(25(32)18-22)42-23-10-14-39(15-11-23)31(41)20-5-3-4-6-20/h7-8,13,16-20,23,34-35H,3-6,9-12,14-15H2,1-2H3,(H2,33,38)(H,37,40). The number of likely N-dealkylation sites (tertiary alicyclic amines) is 1. The molecule has 3 heterocycles. The number of amides is 2. The fraction of sp³-hybridized carbons (Fsp3) is 0.484. The number of ether oxygens (including phenoxy) is 1. The van der Waals surface area contributed by atoms with Crippen molar-refractivity contribution in [2.45, 2.75) is 64.0 Å². The first-order valence-corrected chi connectivity index (χ1v) is 16.2. The van der Waals surface area contributed by atoms with Crippen LogP contribution < -0.4 is 26.4 Å². The third-order valence-corrected chi connectivity index (χ3v) is 9.44. The Hall–Kier alpha value is -3.57. The van der Waals surface area contributed by atoms with Crippen molar-refractivity contribution in [1.82, 2.24) is 25.8 Å². The second kappa shape index (κ2) is 14.3. The average molecular weight is 626 g/mol. The van der Waals surface area contributed by atoms with E-state index in [-0.39, 0.29) is 29.8 Å². The van der Waals surface area contributed by atoms with Gasteiger partial charge in [-0.3, -0.25) is 9.59 Å². The van der Waals surface area contributed by atoms with Crippen molar-refractivity contribution in [1.29, 1.82) is 0 Å². The number of hydrogen-bond donors (Lipinski definition) is 4. The molecule has 1 saturated carbocycles. The van der Waals surface area contributed by atoms with E-state index in [1.165, 1.54) is 11.3 Å². The number of nitrogens with one attached hydrogen (secondary N) is 3. The summed E-state index contributed by atoms with van der Waals surface area (Å²) in [6.45, 7) is 3.90. The second-order valence-corrected chi connectivity index (χ2v) is 12.5. The van der Waals surface area contributed by atoms with Crippen molar-refractivity contribution in [3.05, 3.63) is 62.8 Å². The first kappa shape index (κ1) is 30.9. The number of nitrogens with zero attached hydrogens (tertiary/aromatic N) is 3. The maximum Gasteiger partial charge on any atom is 0.247 e. The molecule has 1 aliphatic carbocycles. The molecule has 1 unspecified atom stereocenters. The number of amidine groups is 1. The van der Waals surface area contributed by atoms with Gasteiger partial charge in [-0.15, -0.1) is 11.3 Å². The summed E-state index contributed by atoms with van der Waals surface area (Å²) in [5, 5.41) is 12.6. The van der Waals surface area contributed by atoms with Gasteiger partial charge in [0.05, 0.1) is 22.3 Å². The second-order valence-electron chi connectivity index (χ2n) is 11.2. The van der Waals surface area contributed by atoms with Crippen molar-refractivity contribution in [3.8, 4) is 5.75 Å². The summed E-state index contributed by atoms with van der Waals surface area (Å²) in [6, 6.07) is 5.13. The average Bonchev–Trinajstić information content (AvgIpc) is 3.70. The number of aliphatic imine (C=N–C) groups is 1. The predicted octanol–water partition coefficient (Wildman–Crippen LogP) is 4.57. The quantitative estimate of drug-likeness (QED) is 0.237. The Morgan fingerprint density at radius 2 is 2.00 bits per heavy atom. The fourth-order valence-corrected chi connectivity index (χ4v) is 6.66. The SMILES string of the molecule is CNC1=C(C(N)=Nc2ccc(OC3CCN(C(=O)C4CCCC4)CC3)c(Cl)c2)C=C(C(=O)NC(C)c2nccs2)CCN1. The van der Waals surface area contributed by atoms with Crippen LogP contribution in [0.1, 0.15) is 62.9 Å². The molecule has 2 aliphatic heterocycles. The van der Waals surface area contributed by atoms with Gasteiger partial charge in [0, 0.05) is 62.6 Å². The van der Waals surface area contributed by atoms with Gasteiger partial charge in [0.1, 0.15) is 28.5 Å².